The Kier molecular flexibility index (Phi) is 4.60. The van der Waals surface area contributed by atoms with Crippen LogP contribution in [0.5, 0.6) is 0 Å². The lowest BCUT2D eigenvalue weighted by Crippen LogP contribution is -2.36. The van der Waals surface area contributed by atoms with Crippen LogP contribution < -0.4 is 0 Å². The van der Waals surface area contributed by atoms with E-state index < -0.39 is 10.0 Å². The summed E-state index contributed by atoms with van der Waals surface area (Å²) >= 11 is 0. The predicted octanol–water partition coefficient (Wildman–Crippen LogP) is 5.10. The van der Waals surface area contributed by atoms with E-state index in [2.05, 4.69) is 49.6 Å². The SMILES string of the molecule is CC(C)(C)c1ccc(S(=O)(=O)N2CCc3c(c4ccccc4n3CC3CC3)C2)cc1. The molecule has 1 aliphatic carbocycles. The monoisotopic (exact) mass is 422 g/mol. The first-order valence-corrected chi connectivity index (χ1v) is 12.4. The van der Waals surface area contributed by atoms with Gasteiger partial charge in [-0.25, -0.2) is 8.42 Å². The Morgan fingerprint density at radius 2 is 1.70 bits per heavy atom. The first kappa shape index (κ1) is 19.8. The number of para-hydroxylation sites is 1. The summed E-state index contributed by atoms with van der Waals surface area (Å²) in [6.07, 6.45) is 3.40. The molecule has 30 heavy (non-hydrogen) atoms. The Hall–Kier alpha value is -2.11. The van der Waals surface area contributed by atoms with Gasteiger partial charge in [0, 0.05) is 42.7 Å². The van der Waals surface area contributed by atoms with Crippen LogP contribution in [0.3, 0.4) is 0 Å². The van der Waals surface area contributed by atoms with E-state index in [9.17, 15) is 8.42 Å². The quantitative estimate of drug-likeness (QED) is 0.587. The molecule has 0 amide bonds. The second kappa shape index (κ2) is 6.96. The summed E-state index contributed by atoms with van der Waals surface area (Å²) in [7, 11) is -3.51. The van der Waals surface area contributed by atoms with Gasteiger partial charge in [-0.2, -0.15) is 4.31 Å². The van der Waals surface area contributed by atoms with Crippen molar-refractivity contribution in [1.29, 1.82) is 0 Å². The molecule has 2 aromatic carbocycles. The lowest BCUT2D eigenvalue weighted by atomic mass is 9.87. The first-order valence-electron chi connectivity index (χ1n) is 10.9. The van der Waals surface area contributed by atoms with Crippen LogP contribution in [0, 0.1) is 5.92 Å². The van der Waals surface area contributed by atoms with Crippen molar-refractivity contribution in [2.45, 2.75) is 63.4 Å². The van der Waals surface area contributed by atoms with Crippen LogP contribution in [-0.2, 0) is 34.9 Å². The third kappa shape index (κ3) is 3.38. The third-order valence-corrected chi connectivity index (χ3v) is 8.48. The largest absolute Gasteiger partial charge is 0.344 e. The number of sulfonamides is 1. The van der Waals surface area contributed by atoms with Crippen molar-refractivity contribution in [3.8, 4) is 0 Å². The van der Waals surface area contributed by atoms with Crippen LogP contribution in [0.4, 0.5) is 0 Å². The number of nitrogens with zero attached hydrogens (tertiary/aromatic N) is 2. The summed E-state index contributed by atoms with van der Waals surface area (Å²) in [4.78, 5) is 0.390. The highest BCUT2D eigenvalue weighted by atomic mass is 32.2. The highest BCUT2D eigenvalue weighted by Crippen LogP contribution is 2.37. The van der Waals surface area contributed by atoms with Gasteiger partial charge in [-0.05, 0) is 53.5 Å². The molecule has 5 heteroatoms. The van der Waals surface area contributed by atoms with Gasteiger partial charge in [-0.3, -0.25) is 0 Å². The Bertz CT molecular complexity index is 1200. The summed E-state index contributed by atoms with van der Waals surface area (Å²) in [5, 5.41) is 1.20. The van der Waals surface area contributed by atoms with Gasteiger partial charge in [0.25, 0.3) is 0 Å². The van der Waals surface area contributed by atoms with E-state index in [0.717, 1.165) is 24.4 Å². The lowest BCUT2D eigenvalue weighted by molar-refractivity contribution is 0.385. The van der Waals surface area contributed by atoms with Gasteiger partial charge in [-0.15, -0.1) is 0 Å². The van der Waals surface area contributed by atoms with E-state index in [4.69, 9.17) is 0 Å². The van der Waals surface area contributed by atoms with Crippen molar-refractivity contribution in [3.63, 3.8) is 0 Å². The molecule has 1 saturated carbocycles. The first-order chi connectivity index (χ1) is 14.2. The molecule has 158 valence electrons. The molecule has 0 atom stereocenters. The van der Waals surface area contributed by atoms with E-state index in [1.807, 2.05) is 12.1 Å². The summed E-state index contributed by atoms with van der Waals surface area (Å²) in [5.41, 5.74) is 4.92. The van der Waals surface area contributed by atoms with Crippen molar-refractivity contribution in [1.82, 2.24) is 8.87 Å². The second-order valence-electron chi connectivity index (χ2n) is 9.86. The zero-order valence-electron chi connectivity index (χ0n) is 18.1. The van der Waals surface area contributed by atoms with Crippen LogP contribution >= 0.6 is 0 Å². The Morgan fingerprint density at radius 3 is 2.37 bits per heavy atom. The van der Waals surface area contributed by atoms with Crippen LogP contribution in [0.1, 0.15) is 50.4 Å². The molecule has 0 N–H and O–H groups in total. The number of aromatic nitrogens is 1. The third-order valence-electron chi connectivity index (χ3n) is 6.62. The van der Waals surface area contributed by atoms with Crippen molar-refractivity contribution in [2.75, 3.05) is 6.54 Å². The highest BCUT2D eigenvalue weighted by molar-refractivity contribution is 7.89. The smallest absolute Gasteiger partial charge is 0.243 e. The zero-order chi connectivity index (χ0) is 21.1. The van der Waals surface area contributed by atoms with Gasteiger partial charge in [0.2, 0.25) is 10.0 Å². The average molecular weight is 423 g/mol. The molecular weight excluding hydrogens is 392 g/mol. The van der Waals surface area contributed by atoms with E-state index in [0.29, 0.717) is 18.0 Å². The molecule has 0 saturated heterocycles. The molecular formula is C25H30N2O2S. The molecule has 0 unspecified atom stereocenters. The number of benzene rings is 2. The molecule has 5 rings (SSSR count). The Morgan fingerprint density at radius 1 is 1.00 bits per heavy atom. The minimum atomic E-state index is -3.51. The van der Waals surface area contributed by atoms with Crippen LogP contribution in [0.25, 0.3) is 10.9 Å². The van der Waals surface area contributed by atoms with E-state index >= 15 is 0 Å². The van der Waals surface area contributed by atoms with E-state index in [1.165, 1.54) is 35.0 Å². The predicted molar refractivity (Wildman–Crippen MR) is 121 cm³/mol. The molecule has 0 spiro atoms. The molecule has 3 aromatic rings. The standard InChI is InChI=1S/C25H30N2O2S/c1-25(2,3)19-10-12-20(13-11-19)30(28,29)26-15-14-24-22(17-26)21-6-4-5-7-23(21)27(24)16-18-8-9-18/h4-7,10-13,18H,8-9,14-17H2,1-3H3. The summed E-state index contributed by atoms with van der Waals surface area (Å²) in [6, 6.07) is 15.9. The maximum absolute atomic E-state index is 13.4. The van der Waals surface area contributed by atoms with Crippen LogP contribution in [0.15, 0.2) is 53.4 Å². The highest BCUT2D eigenvalue weighted by Gasteiger charge is 2.33. The fraction of sp³-hybridized carbons (Fsp3) is 0.440. The molecule has 0 radical (unpaired) electrons. The van der Waals surface area contributed by atoms with Crippen molar-refractivity contribution in [2.24, 2.45) is 5.92 Å². The summed E-state index contributed by atoms with van der Waals surface area (Å²) < 4.78 is 30.9. The number of rotatable bonds is 4. The molecule has 4 nitrogen and oxygen atoms in total. The number of hydrogen-bond donors (Lipinski definition) is 0. The van der Waals surface area contributed by atoms with E-state index in [-0.39, 0.29) is 5.41 Å². The molecule has 2 heterocycles. The minimum absolute atomic E-state index is 0.00566. The topological polar surface area (TPSA) is 42.3 Å². The minimum Gasteiger partial charge on any atom is -0.344 e. The van der Waals surface area contributed by atoms with Crippen molar-refractivity contribution in [3.05, 3.63) is 65.4 Å². The number of hydrogen-bond acceptors (Lipinski definition) is 2. The van der Waals surface area contributed by atoms with Gasteiger partial charge in [-0.1, -0.05) is 51.1 Å². The van der Waals surface area contributed by atoms with Crippen molar-refractivity contribution < 1.29 is 8.42 Å². The van der Waals surface area contributed by atoms with Gasteiger partial charge in [0.1, 0.15) is 0 Å². The van der Waals surface area contributed by atoms with Gasteiger partial charge >= 0.3 is 0 Å². The average Bonchev–Trinajstić information content (AvgIpc) is 3.50. The normalized spacial score (nSPS) is 18.0. The van der Waals surface area contributed by atoms with Gasteiger partial charge < -0.3 is 4.57 Å². The maximum atomic E-state index is 13.4. The molecule has 2 aliphatic rings. The fourth-order valence-corrected chi connectivity index (χ4v) is 6.03. The van der Waals surface area contributed by atoms with Crippen molar-refractivity contribution >= 4 is 20.9 Å². The molecule has 1 aromatic heterocycles. The zero-order valence-corrected chi connectivity index (χ0v) is 18.9. The van der Waals surface area contributed by atoms with Gasteiger partial charge in [0.05, 0.1) is 4.90 Å². The molecule has 0 bridgehead atoms. The van der Waals surface area contributed by atoms with Crippen LogP contribution in [0.2, 0.25) is 0 Å². The maximum Gasteiger partial charge on any atom is 0.243 e. The summed E-state index contributed by atoms with van der Waals surface area (Å²) in [6.45, 7) is 8.48. The second-order valence-corrected chi connectivity index (χ2v) is 11.8. The Balaban J connectivity index is 1.49. The van der Waals surface area contributed by atoms with Gasteiger partial charge in [0.15, 0.2) is 0 Å². The number of fused-ring (bicyclic) bond motifs is 3. The molecule has 1 fully saturated rings. The summed E-state index contributed by atoms with van der Waals surface area (Å²) in [5.74, 6) is 0.785. The fourth-order valence-electron chi connectivity index (χ4n) is 4.62. The lowest BCUT2D eigenvalue weighted by Gasteiger charge is -2.28. The van der Waals surface area contributed by atoms with E-state index in [1.54, 1.807) is 16.4 Å². The molecule has 1 aliphatic heterocycles. The Labute approximate surface area is 179 Å². The van der Waals surface area contributed by atoms with Crippen LogP contribution in [-0.4, -0.2) is 23.8 Å².